The number of ketones is 1. The standard InChI is InChI=1S/C14H12FNO/c1-10-8-12(15)6-5-11(10)9-14(17)13-4-2-3-7-16-13/h2-8H,9H2,1H3. The number of carbonyl (C=O) groups is 1. The maximum absolute atomic E-state index is 12.9. The van der Waals surface area contributed by atoms with Crippen molar-refractivity contribution >= 4 is 5.78 Å². The number of carbonyl (C=O) groups excluding carboxylic acids is 1. The summed E-state index contributed by atoms with van der Waals surface area (Å²) in [6, 6.07) is 9.67. The molecular formula is C14H12FNO. The van der Waals surface area contributed by atoms with E-state index < -0.39 is 0 Å². The number of aryl methyl sites for hydroxylation is 1. The molecule has 3 heteroatoms. The second kappa shape index (κ2) is 4.87. The molecule has 0 fully saturated rings. The molecule has 1 aromatic carbocycles. The molecule has 0 N–H and O–H groups in total. The molecule has 1 aromatic heterocycles. The number of nitrogens with zero attached hydrogens (tertiary/aromatic N) is 1. The van der Waals surface area contributed by atoms with Crippen molar-refractivity contribution < 1.29 is 9.18 Å². The Balaban J connectivity index is 2.19. The van der Waals surface area contributed by atoms with Crippen LogP contribution in [-0.2, 0) is 6.42 Å². The van der Waals surface area contributed by atoms with Gasteiger partial charge in [0.15, 0.2) is 5.78 Å². The van der Waals surface area contributed by atoms with Gasteiger partial charge in [-0.15, -0.1) is 0 Å². The van der Waals surface area contributed by atoms with Gasteiger partial charge in [-0.25, -0.2) is 4.39 Å². The molecule has 0 unspecified atom stereocenters. The molecular weight excluding hydrogens is 217 g/mol. The summed E-state index contributed by atoms with van der Waals surface area (Å²) in [5, 5.41) is 0. The van der Waals surface area contributed by atoms with Crippen molar-refractivity contribution in [3.8, 4) is 0 Å². The molecule has 0 spiro atoms. The Hall–Kier alpha value is -2.03. The highest BCUT2D eigenvalue weighted by atomic mass is 19.1. The van der Waals surface area contributed by atoms with Crippen LogP contribution in [0.25, 0.3) is 0 Å². The monoisotopic (exact) mass is 229 g/mol. The Bertz CT molecular complexity index is 537. The number of pyridine rings is 1. The molecule has 0 aliphatic heterocycles. The quantitative estimate of drug-likeness (QED) is 0.757. The summed E-state index contributed by atoms with van der Waals surface area (Å²) in [6.45, 7) is 1.80. The number of hydrogen-bond acceptors (Lipinski definition) is 2. The number of benzene rings is 1. The highest BCUT2D eigenvalue weighted by Crippen LogP contribution is 2.12. The summed E-state index contributed by atoms with van der Waals surface area (Å²) in [4.78, 5) is 15.9. The maximum Gasteiger partial charge on any atom is 0.185 e. The summed E-state index contributed by atoms with van der Waals surface area (Å²) in [5.41, 5.74) is 2.06. The normalized spacial score (nSPS) is 10.2. The molecule has 0 aliphatic rings. The lowest BCUT2D eigenvalue weighted by Crippen LogP contribution is -2.06. The van der Waals surface area contributed by atoms with Crippen molar-refractivity contribution in [1.82, 2.24) is 4.98 Å². The van der Waals surface area contributed by atoms with Crippen LogP contribution >= 0.6 is 0 Å². The lowest BCUT2D eigenvalue weighted by Gasteiger charge is -2.04. The van der Waals surface area contributed by atoms with Crippen molar-refractivity contribution in [2.45, 2.75) is 13.3 Å². The molecule has 0 bridgehead atoms. The lowest BCUT2D eigenvalue weighted by atomic mass is 10.0. The summed E-state index contributed by atoms with van der Waals surface area (Å²) in [5.74, 6) is -0.336. The second-order valence-electron chi connectivity index (χ2n) is 3.89. The van der Waals surface area contributed by atoms with Crippen LogP contribution in [0.15, 0.2) is 42.6 Å². The van der Waals surface area contributed by atoms with Gasteiger partial charge in [-0.2, -0.15) is 0 Å². The molecule has 2 aromatic rings. The first-order chi connectivity index (χ1) is 8.16. The molecule has 0 saturated carbocycles. The van der Waals surface area contributed by atoms with Gasteiger partial charge in [-0.3, -0.25) is 9.78 Å². The van der Waals surface area contributed by atoms with E-state index in [9.17, 15) is 9.18 Å². The Morgan fingerprint density at radius 2 is 2.12 bits per heavy atom. The van der Waals surface area contributed by atoms with Gasteiger partial charge in [0.2, 0.25) is 0 Å². The van der Waals surface area contributed by atoms with Gasteiger partial charge in [0, 0.05) is 12.6 Å². The molecule has 0 saturated heterocycles. The molecule has 17 heavy (non-hydrogen) atoms. The fraction of sp³-hybridized carbons (Fsp3) is 0.143. The summed E-state index contributed by atoms with van der Waals surface area (Å²) in [7, 11) is 0. The molecule has 2 rings (SSSR count). The Morgan fingerprint density at radius 3 is 2.76 bits per heavy atom. The van der Waals surface area contributed by atoms with E-state index in [0.717, 1.165) is 11.1 Å². The Morgan fingerprint density at radius 1 is 1.29 bits per heavy atom. The predicted octanol–water partition coefficient (Wildman–Crippen LogP) is 2.95. The summed E-state index contributed by atoms with van der Waals surface area (Å²) in [6.07, 6.45) is 1.84. The number of rotatable bonds is 3. The minimum Gasteiger partial charge on any atom is -0.292 e. The highest BCUT2D eigenvalue weighted by Gasteiger charge is 2.09. The molecule has 0 radical (unpaired) electrons. The van der Waals surface area contributed by atoms with Crippen molar-refractivity contribution in [2.75, 3.05) is 0 Å². The smallest absolute Gasteiger partial charge is 0.185 e. The van der Waals surface area contributed by atoms with Gasteiger partial charge >= 0.3 is 0 Å². The first-order valence-electron chi connectivity index (χ1n) is 5.36. The lowest BCUT2D eigenvalue weighted by molar-refractivity contribution is 0.0988. The van der Waals surface area contributed by atoms with Crippen LogP contribution in [0.2, 0.25) is 0 Å². The average Bonchev–Trinajstić information content (AvgIpc) is 2.34. The maximum atomic E-state index is 12.9. The topological polar surface area (TPSA) is 30.0 Å². The van der Waals surface area contributed by atoms with Crippen molar-refractivity contribution in [3.05, 3.63) is 65.2 Å². The van der Waals surface area contributed by atoms with Crippen LogP contribution in [0.3, 0.4) is 0 Å². The third-order valence-electron chi connectivity index (χ3n) is 2.61. The van der Waals surface area contributed by atoms with E-state index in [-0.39, 0.29) is 18.0 Å². The molecule has 0 aliphatic carbocycles. The molecule has 1 heterocycles. The number of hydrogen-bond donors (Lipinski definition) is 0. The fourth-order valence-corrected chi connectivity index (χ4v) is 1.65. The zero-order valence-electron chi connectivity index (χ0n) is 9.48. The predicted molar refractivity (Wildman–Crippen MR) is 63.4 cm³/mol. The molecule has 86 valence electrons. The number of halogens is 1. The number of aromatic nitrogens is 1. The Labute approximate surface area is 99.1 Å². The van der Waals surface area contributed by atoms with Gasteiger partial charge in [0.1, 0.15) is 11.5 Å². The van der Waals surface area contributed by atoms with Crippen LogP contribution in [0, 0.1) is 12.7 Å². The summed E-state index contributed by atoms with van der Waals surface area (Å²) >= 11 is 0. The zero-order valence-corrected chi connectivity index (χ0v) is 9.48. The van der Waals surface area contributed by atoms with Gasteiger partial charge < -0.3 is 0 Å². The van der Waals surface area contributed by atoms with E-state index >= 15 is 0 Å². The van der Waals surface area contributed by atoms with E-state index in [1.165, 1.54) is 12.1 Å². The van der Waals surface area contributed by atoms with Crippen molar-refractivity contribution in [1.29, 1.82) is 0 Å². The van der Waals surface area contributed by atoms with Gasteiger partial charge in [0.05, 0.1) is 0 Å². The third kappa shape index (κ3) is 2.75. The van der Waals surface area contributed by atoms with E-state index in [1.54, 1.807) is 37.4 Å². The zero-order chi connectivity index (χ0) is 12.3. The summed E-state index contributed by atoms with van der Waals surface area (Å²) < 4.78 is 12.9. The number of Topliss-reactive ketones (excluding diaryl/α,β-unsaturated/α-hetero) is 1. The third-order valence-corrected chi connectivity index (χ3v) is 2.61. The van der Waals surface area contributed by atoms with Crippen LogP contribution in [-0.4, -0.2) is 10.8 Å². The van der Waals surface area contributed by atoms with Crippen LogP contribution in [0.4, 0.5) is 4.39 Å². The van der Waals surface area contributed by atoms with Crippen LogP contribution in [0.5, 0.6) is 0 Å². The van der Waals surface area contributed by atoms with E-state index in [4.69, 9.17) is 0 Å². The Kier molecular flexibility index (Phi) is 3.28. The van der Waals surface area contributed by atoms with Crippen LogP contribution < -0.4 is 0 Å². The second-order valence-corrected chi connectivity index (χ2v) is 3.89. The fourth-order valence-electron chi connectivity index (χ4n) is 1.65. The van der Waals surface area contributed by atoms with E-state index in [2.05, 4.69) is 4.98 Å². The van der Waals surface area contributed by atoms with Crippen LogP contribution in [0.1, 0.15) is 21.6 Å². The minimum absolute atomic E-state index is 0.0553. The van der Waals surface area contributed by atoms with Gasteiger partial charge in [-0.1, -0.05) is 12.1 Å². The largest absolute Gasteiger partial charge is 0.292 e. The van der Waals surface area contributed by atoms with E-state index in [0.29, 0.717) is 5.69 Å². The van der Waals surface area contributed by atoms with Crippen molar-refractivity contribution in [2.24, 2.45) is 0 Å². The minimum atomic E-state index is -0.281. The first kappa shape index (κ1) is 11.5. The first-order valence-corrected chi connectivity index (χ1v) is 5.36. The van der Waals surface area contributed by atoms with Gasteiger partial charge in [-0.05, 0) is 42.3 Å². The SMILES string of the molecule is Cc1cc(F)ccc1CC(=O)c1ccccn1. The van der Waals surface area contributed by atoms with E-state index in [1.807, 2.05) is 0 Å². The van der Waals surface area contributed by atoms with Crippen molar-refractivity contribution in [3.63, 3.8) is 0 Å². The molecule has 0 atom stereocenters. The average molecular weight is 229 g/mol. The highest BCUT2D eigenvalue weighted by molar-refractivity contribution is 5.95. The molecule has 0 amide bonds. The van der Waals surface area contributed by atoms with Gasteiger partial charge in [0.25, 0.3) is 0 Å². The molecule has 2 nitrogen and oxygen atoms in total.